The van der Waals surface area contributed by atoms with Crippen molar-refractivity contribution in [3.63, 3.8) is 0 Å². The van der Waals surface area contributed by atoms with E-state index in [0.717, 1.165) is 17.4 Å². The van der Waals surface area contributed by atoms with Crippen LogP contribution in [0.25, 0.3) is 0 Å². The van der Waals surface area contributed by atoms with Crippen LogP contribution >= 0.6 is 0 Å². The van der Waals surface area contributed by atoms with E-state index in [1.807, 2.05) is 38.1 Å². The van der Waals surface area contributed by atoms with E-state index in [4.69, 9.17) is 4.74 Å². The number of carbonyl (C=O) groups excluding carboxylic acids is 2. The molecule has 0 saturated carbocycles. The first kappa shape index (κ1) is 27.2. The molecule has 0 unspecified atom stereocenters. The summed E-state index contributed by atoms with van der Waals surface area (Å²) < 4.78 is 31.3. The van der Waals surface area contributed by atoms with Gasteiger partial charge in [0.15, 0.2) is 0 Å². The molecule has 0 saturated heterocycles. The molecule has 0 aliphatic heterocycles. The number of sulfonamides is 1. The standard InChI is InChI=1S/C25H35N3O5S/c1-6-23(25(30)26-3)27(18-20-11-7-10-19(2)16-20)24(29)14-9-15-28(34(5,31)32)21-12-8-13-22(17-21)33-4/h7-8,10-13,16-17,23H,6,9,14-15,18H2,1-5H3,(H,26,30)/t23-/m1/s1. The van der Waals surface area contributed by atoms with E-state index in [1.165, 1.54) is 11.4 Å². The Hall–Kier alpha value is -3.07. The van der Waals surface area contributed by atoms with Crippen molar-refractivity contribution in [2.24, 2.45) is 0 Å². The van der Waals surface area contributed by atoms with Crippen molar-refractivity contribution in [2.45, 2.75) is 45.7 Å². The number of benzene rings is 2. The van der Waals surface area contributed by atoms with Gasteiger partial charge in [0, 0.05) is 32.6 Å². The molecule has 0 fully saturated rings. The molecule has 2 aromatic carbocycles. The van der Waals surface area contributed by atoms with Crippen LogP contribution in [0.5, 0.6) is 5.75 Å². The molecule has 2 aromatic rings. The molecule has 8 nitrogen and oxygen atoms in total. The molecule has 2 rings (SSSR count). The number of rotatable bonds is 12. The van der Waals surface area contributed by atoms with Gasteiger partial charge in [-0.2, -0.15) is 0 Å². The lowest BCUT2D eigenvalue weighted by Gasteiger charge is -2.31. The number of amides is 2. The fourth-order valence-electron chi connectivity index (χ4n) is 3.86. The van der Waals surface area contributed by atoms with Crippen LogP contribution in [0.2, 0.25) is 0 Å². The minimum Gasteiger partial charge on any atom is -0.497 e. The number of carbonyl (C=O) groups is 2. The zero-order chi connectivity index (χ0) is 25.3. The first-order valence-corrected chi connectivity index (χ1v) is 13.1. The predicted octanol–water partition coefficient (Wildman–Crippen LogP) is 3.10. The zero-order valence-corrected chi connectivity index (χ0v) is 21.4. The highest BCUT2D eigenvalue weighted by Gasteiger charge is 2.28. The Labute approximate surface area is 202 Å². The third-order valence-electron chi connectivity index (χ3n) is 5.56. The number of aryl methyl sites for hydroxylation is 1. The van der Waals surface area contributed by atoms with E-state index in [9.17, 15) is 18.0 Å². The average molecular weight is 490 g/mol. The Balaban J connectivity index is 2.20. The lowest BCUT2D eigenvalue weighted by molar-refractivity contribution is -0.141. The van der Waals surface area contributed by atoms with Crippen molar-refractivity contribution in [1.82, 2.24) is 10.2 Å². The number of likely N-dealkylation sites (N-methyl/N-ethyl adjacent to an activating group) is 1. The van der Waals surface area contributed by atoms with Crippen molar-refractivity contribution in [3.8, 4) is 5.75 Å². The van der Waals surface area contributed by atoms with Crippen molar-refractivity contribution < 1.29 is 22.7 Å². The fraction of sp³-hybridized carbons (Fsp3) is 0.440. The van der Waals surface area contributed by atoms with Gasteiger partial charge in [-0.3, -0.25) is 13.9 Å². The zero-order valence-electron chi connectivity index (χ0n) is 20.6. The second-order valence-corrected chi connectivity index (χ2v) is 10.1. The molecule has 9 heteroatoms. The Kier molecular flexibility index (Phi) is 9.92. The summed E-state index contributed by atoms with van der Waals surface area (Å²) in [5.41, 5.74) is 2.48. The first-order valence-electron chi connectivity index (χ1n) is 11.3. The van der Waals surface area contributed by atoms with Gasteiger partial charge in [0.1, 0.15) is 11.8 Å². The topological polar surface area (TPSA) is 96.0 Å². The molecule has 1 atom stereocenters. The van der Waals surface area contributed by atoms with Crippen LogP contribution in [0.3, 0.4) is 0 Å². The van der Waals surface area contributed by atoms with Gasteiger partial charge in [-0.1, -0.05) is 42.8 Å². The number of anilines is 1. The molecule has 0 aliphatic rings. The second-order valence-electron chi connectivity index (χ2n) is 8.19. The predicted molar refractivity (Wildman–Crippen MR) is 134 cm³/mol. The Morgan fingerprint density at radius 1 is 1.12 bits per heavy atom. The van der Waals surface area contributed by atoms with Crippen molar-refractivity contribution >= 4 is 27.5 Å². The van der Waals surface area contributed by atoms with Crippen molar-refractivity contribution in [1.29, 1.82) is 0 Å². The van der Waals surface area contributed by atoms with Gasteiger partial charge in [-0.25, -0.2) is 8.42 Å². The van der Waals surface area contributed by atoms with Crippen LogP contribution in [-0.2, 0) is 26.2 Å². The summed E-state index contributed by atoms with van der Waals surface area (Å²) in [5.74, 6) is 0.122. The summed E-state index contributed by atoms with van der Waals surface area (Å²) in [4.78, 5) is 27.4. The van der Waals surface area contributed by atoms with Crippen LogP contribution in [0.1, 0.15) is 37.3 Å². The SMILES string of the molecule is CC[C@H](C(=O)NC)N(Cc1cccc(C)c1)C(=O)CCCN(c1cccc(OC)c1)S(C)(=O)=O. The monoisotopic (exact) mass is 489 g/mol. The van der Waals surface area contributed by atoms with E-state index in [1.54, 1.807) is 36.2 Å². The molecule has 0 bridgehead atoms. The highest BCUT2D eigenvalue weighted by atomic mass is 32.2. The first-order chi connectivity index (χ1) is 16.1. The maximum absolute atomic E-state index is 13.3. The van der Waals surface area contributed by atoms with Gasteiger partial charge in [-0.05, 0) is 37.5 Å². The van der Waals surface area contributed by atoms with Gasteiger partial charge in [0.25, 0.3) is 0 Å². The maximum Gasteiger partial charge on any atom is 0.242 e. The third kappa shape index (κ3) is 7.48. The Morgan fingerprint density at radius 2 is 1.82 bits per heavy atom. The summed E-state index contributed by atoms with van der Waals surface area (Å²) in [6.07, 6.45) is 2.01. The normalized spacial score (nSPS) is 12.0. The van der Waals surface area contributed by atoms with Gasteiger partial charge in [0.05, 0.1) is 19.1 Å². The van der Waals surface area contributed by atoms with E-state index in [0.29, 0.717) is 30.8 Å². The highest BCUT2D eigenvalue weighted by Crippen LogP contribution is 2.24. The van der Waals surface area contributed by atoms with Gasteiger partial charge in [0.2, 0.25) is 21.8 Å². The highest BCUT2D eigenvalue weighted by molar-refractivity contribution is 7.92. The lowest BCUT2D eigenvalue weighted by atomic mass is 10.1. The van der Waals surface area contributed by atoms with Crippen LogP contribution < -0.4 is 14.4 Å². The van der Waals surface area contributed by atoms with Crippen LogP contribution in [-0.4, -0.2) is 58.1 Å². The maximum atomic E-state index is 13.3. The number of nitrogens with zero attached hydrogens (tertiary/aromatic N) is 2. The summed E-state index contributed by atoms with van der Waals surface area (Å²) in [7, 11) is -0.494. The molecule has 34 heavy (non-hydrogen) atoms. The van der Waals surface area contributed by atoms with Crippen LogP contribution in [0.15, 0.2) is 48.5 Å². The summed E-state index contributed by atoms with van der Waals surface area (Å²) in [6.45, 7) is 4.28. The minimum atomic E-state index is -3.56. The minimum absolute atomic E-state index is 0.106. The Bertz CT molecular complexity index is 1090. The van der Waals surface area contributed by atoms with Crippen LogP contribution in [0.4, 0.5) is 5.69 Å². The molecule has 186 valence electrons. The van der Waals surface area contributed by atoms with Crippen molar-refractivity contribution in [3.05, 3.63) is 59.7 Å². The summed E-state index contributed by atoms with van der Waals surface area (Å²) in [5, 5.41) is 2.64. The molecular weight excluding hydrogens is 454 g/mol. The quantitative estimate of drug-likeness (QED) is 0.494. The van der Waals surface area contributed by atoms with E-state index in [2.05, 4.69) is 5.32 Å². The van der Waals surface area contributed by atoms with Gasteiger partial charge >= 0.3 is 0 Å². The summed E-state index contributed by atoms with van der Waals surface area (Å²) >= 11 is 0. The average Bonchev–Trinajstić information content (AvgIpc) is 2.80. The second kappa shape index (κ2) is 12.4. The van der Waals surface area contributed by atoms with Crippen LogP contribution in [0, 0.1) is 6.92 Å². The number of methoxy groups -OCH3 is 1. The molecule has 2 amide bonds. The number of hydrogen-bond donors (Lipinski definition) is 1. The molecule has 0 radical (unpaired) electrons. The fourth-order valence-corrected chi connectivity index (χ4v) is 4.82. The van der Waals surface area contributed by atoms with E-state index >= 15 is 0 Å². The van der Waals surface area contributed by atoms with Crippen molar-refractivity contribution in [2.75, 3.05) is 31.3 Å². The van der Waals surface area contributed by atoms with E-state index < -0.39 is 16.1 Å². The lowest BCUT2D eigenvalue weighted by Crippen LogP contribution is -2.48. The smallest absolute Gasteiger partial charge is 0.242 e. The number of ether oxygens (including phenoxy) is 1. The number of nitrogens with one attached hydrogen (secondary N) is 1. The largest absolute Gasteiger partial charge is 0.497 e. The van der Waals surface area contributed by atoms with E-state index in [-0.39, 0.29) is 24.8 Å². The van der Waals surface area contributed by atoms with Gasteiger partial charge < -0.3 is 15.0 Å². The molecule has 0 heterocycles. The summed E-state index contributed by atoms with van der Waals surface area (Å²) in [6, 6.07) is 14.0. The molecule has 0 aliphatic carbocycles. The van der Waals surface area contributed by atoms with Gasteiger partial charge in [-0.15, -0.1) is 0 Å². The third-order valence-corrected chi connectivity index (χ3v) is 6.76. The molecule has 0 spiro atoms. The molecule has 0 aromatic heterocycles. The molecular formula is C25H35N3O5S. The molecule has 1 N–H and O–H groups in total. The number of hydrogen-bond acceptors (Lipinski definition) is 5. The Morgan fingerprint density at radius 3 is 2.41 bits per heavy atom.